The maximum absolute atomic E-state index is 12.3. The number of hydrogen-bond acceptors (Lipinski definition) is 4. The maximum Gasteiger partial charge on any atom is 0.573 e. The highest BCUT2D eigenvalue weighted by molar-refractivity contribution is 5.72. The van der Waals surface area contributed by atoms with E-state index in [0.29, 0.717) is 25.1 Å². The quantitative estimate of drug-likeness (QED) is 0.871. The zero-order valence-corrected chi connectivity index (χ0v) is 12.4. The summed E-state index contributed by atoms with van der Waals surface area (Å²) in [5.41, 5.74) is 1.29. The van der Waals surface area contributed by atoms with E-state index in [4.69, 9.17) is 4.74 Å². The first-order valence-corrected chi connectivity index (χ1v) is 6.95. The van der Waals surface area contributed by atoms with Gasteiger partial charge in [-0.15, -0.1) is 13.2 Å². The van der Waals surface area contributed by atoms with Gasteiger partial charge in [0.2, 0.25) is 0 Å². The summed E-state index contributed by atoms with van der Waals surface area (Å²) in [6, 6.07) is 4.60. The van der Waals surface area contributed by atoms with E-state index >= 15 is 0 Å². The van der Waals surface area contributed by atoms with Gasteiger partial charge in [-0.2, -0.15) is 0 Å². The monoisotopic (exact) mass is 317 g/mol. The molecule has 0 aromatic heterocycles. The molecular weight excluding hydrogens is 299 g/mol. The summed E-state index contributed by atoms with van der Waals surface area (Å²) in [5, 5.41) is 3.16. The molecule has 1 saturated heterocycles. The average molecular weight is 317 g/mol. The second-order valence-electron chi connectivity index (χ2n) is 5.38. The number of carbonyl (C=O) groups is 1. The van der Waals surface area contributed by atoms with Gasteiger partial charge in [-0.1, -0.05) is 12.1 Å². The van der Waals surface area contributed by atoms with Crippen LogP contribution < -0.4 is 10.1 Å². The van der Waals surface area contributed by atoms with Gasteiger partial charge in [0.05, 0.1) is 13.0 Å². The summed E-state index contributed by atoms with van der Waals surface area (Å²) < 4.78 is 45.5. The van der Waals surface area contributed by atoms with Gasteiger partial charge in [0, 0.05) is 13.1 Å². The maximum atomic E-state index is 12.3. The molecule has 0 saturated carbocycles. The van der Waals surface area contributed by atoms with Gasteiger partial charge in [-0.05, 0) is 36.5 Å². The fraction of sp³-hybridized carbons (Fsp3) is 0.533. The number of halogens is 3. The van der Waals surface area contributed by atoms with Gasteiger partial charge in [-0.25, -0.2) is 0 Å². The second kappa shape index (κ2) is 6.56. The number of aryl methyl sites for hydroxylation is 1. The standard InChI is InChI=1S/C15H18F3NO3/c1-9-5-10(3-4-13(9)22-15(16,17)18)11-6-12(8-19-7-11)14(20)21-2/h3-5,11-12,19H,6-8H2,1-2H3. The van der Waals surface area contributed by atoms with Crippen LogP contribution in [0.3, 0.4) is 0 Å². The lowest BCUT2D eigenvalue weighted by atomic mass is 9.85. The molecule has 2 unspecified atom stereocenters. The van der Waals surface area contributed by atoms with Gasteiger partial charge in [0.25, 0.3) is 0 Å². The number of methoxy groups -OCH3 is 1. The van der Waals surface area contributed by atoms with E-state index < -0.39 is 6.36 Å². The van der Waals surface area contributed by atoms with Crippen LogP contribution in [0.15, 0.2) is 18.2 Å². The van der Waals surface area contributed by atoms with Crippen molar-refractivity contribution in [1.82, 2.24) is 5.32 Å². The van der Waals surface area contributed by atoms with Crippen LogP contribution in [0.1, 0.15) is 23.5 Å². The van der Waals surface area contributed by atoms with Crippen LogP contribution in [0.2, 0.25) is 0 Å². The fourth-order valence-corrected chi connectivity index (χ4v) is 2.71. The number of benzene rings is 1. The molecule has 4 nitrogen and oxygen atoms in total. The molecule has 2 rings (SSSR count). The summed E-state index contributed by atoms with van der Waals surface area (Å²) in [4.78, 5) is 11.6. The molecule has 0 bridgehead atoms. The Morgan fingerprint density at radius 1 is 1.32 bits per heavy atom. The third kappa shape index (κ3) is 4.13. The minimum atomic E-state index is -4.70. The van der Waals surface area contributed by atoms with Crippen LogP contribution in [0, 0.1) is 12.8 Å². The average Bonchev–Trinajstić information content (AvgIpc) is 2.47. The molecule has 7 heteroatoms. The lowest BCUT2D eigenvalue weighted by Crippen LogP contribution is -2.39. The first kappa shape index (κ1) is 16.6. The number of piperidine rings is 1. The fourth-order valence-electron chi connectivity index (χ4n) is 2.71. The van der Waals surface area contributed by atoms with Crippen molar-refractivity contribution in [1.29, 1.82) is 0 Å². The lowest BCUT2D eigenvalue weighted by Gasteiger charge is -2.29. The van der Waals surface area contributed by atoms with Crippen molar-refractivity contribution >= 4 is 5.97 Å². The van der Waals surface area contributed by atoms with Crippen molar-refractivity contribution < 1.29 is 27.4 Å². The summed E-state index contributed by atoms with van der Waals surface area (Å²) in [6.07, 6.45) is -4.09. The molecule has 1 N–H and O–H groups in total. The van der Waals surface area contributed by atoms with Crippen molar-refractivity contribution in [2.45, 2.75) is 25.6 Å². The van der Waals surface area contributed by atoms with Crippen LogP contribution >= 0.6 is 0 Å². The second-order valence-corrected chi connectivity index (χ2v) is 5.38. The summed E-state index contributed by atoms with van der Waals surface area (Å²) >= 11 is 0. The first-order chi connectivity index (χ1) is 10.3. The van der Waals surface area contributed by atoms with Crippen LogP contribution in [0.5, 0.6) is 5.75 Å². The summed E-state index contributed by atoms with van der Waals surface area (Å²) in [5.74, 6) is -0.665. The van der Waals surface area contributed by atoms with Crippen LogP contribution in [0.4, 0.5) is 13.2 Å². The molecule has 1 aliphatic rings. The molecule has 1 heterocycles. The molecule has 2 atom stereocenters. The van der Waals surface area contributed by atoms with Crippen LogP contribution in [-0.2, 0) is 9.53 Å². The van der Waals surface area contributed by atoms with Gasteiger partial charge < -0.3 is 14.8 Å². The predicted octanol–water partition coefficient (Wildman–Crippen LogP) is 2.76. The Morgan fingerprint density at radius 2 is 2.05 bits per heavy atom. The molecule has 22 heavy (non-hydrogen) atoms. The molecule has 1 aliphatic heterocycles. The van der Waals surface area contributed by atoms with Crippen molar-refractivity contribution in [3.05, 3.63) is 29.3 Å². The number of carbonyl (C=O) groups excluding carboxylic acids is 1. The summed E-state index contributed by atoms with van der Waals surface area (Å²) in [6.45, 7) is 2.79. The zero-order chi connectivity index (χ0) is 16.3. The van der Waals surface area contributed by atoms with Crippen molar-refractivity contribution in [3.8, 4) is 5.75 Å². The first-order valence-electron chi connectivity index (χ1n) is 6.95. The molecule has 0 radical (unpaired) electrons. The normalized spacial score (nSPS) is 22.2. The van der Waals surface area contributed by atoms with E-state index in [-0.39, 0.29) is 23.6 Å². The molecular formula is C15H18F3NO3. The molecule has 1 aromatic rings. The number of hydrogen-bond donors (Lipinski definition) is 1. The van der Waals surface area contributed by atoms with Crippen LogP contribution in [-0.4, -0.2) is 32.5 Å². The predicted molar refractivity (Wildman–Crippen MR) is 73.6 cm³/mol. The Bertz CT molecular complexity index is 545. The number of ether oxygens (including phenoxy) is 2. The van der Waals surface area contributed by atoms with Gasteiger partial charge in [0.15, 0.2) is 0 Å². The van der Waals surface area contributed by atoms with E-state index in [1.807, 2.05) is 0 Å². The smallest absolute Gasteiger partial charge is 0.469 e. The van der Waals surface area contributed by atoms with Gasteiger partial charge in [-0.3, -0.25) is 4.79 Å². The Hall–Kier alpha value is -1.76. The van der Waals surface area contributed by atoms with Gasteiger partial charge in [0.1, 0.15) is 5.75 Å². The van der Waals surface area contributed by atoms with Crippen LogP contribution in [0.25, 0.3) is 0 Å². The molecule has 1 fully saturated rings. The Balaban J connectivity index is 2.12. The SMILES string of the molecule is COC(=O)C1CNCC(c2ccc(OC(F)(F)F)c(C)c2)C1. The largest absolute Gasteiger partial charge is 0.573 e. The third-order valence-electron chi connectivity index (χ3n) is 3.78. The van der Waals surface area contributed by atoms with Crippen molar-refractivity contribution in [2.24, 2.45) is 5.92 Å². The van der Waals surface area contributed by atoms with Crippen molar-refractivity contribution in [3.63, 3.8) is 0 Å². The van der Waals surface area contributed by atoms with E-state index in [1.165, 1.54) is 13.2 Å². The number of alkyl halides is 3. The molecule has 0 spiro atoms. The Kier molecular flexibility index (Phi) is 4.95. The highest BCUT2D eigenvalue weighted by Crippen LogP contribution is 2.32. The molecule has 0 aliphatic carbocycles. The highest BCUT2D eigenvalue weighted by atomic mass is 19.4. The molecule has 1 aromatic carbocycles. The van der Waals surface area contributed by atoms with E-state index in [0.717, 1.165) is 5.56 Å². The lowest BCUT2D eigenvalue weighted by molar-refractivity contribution is -0.274. The molecule has 0 amide bonds. The number of rotatable bonds is 3. The van der Waals surface area contributed by atoms with Gasteiger partial charge >= 0.3 is 12.3 Å². The highest BCUT2D eigenvalue weighted by Gasteiger charge is 2.32. The number of nitrogens with one attached hydrogen (secondary N) is 1. The topological polar surface area (TPSA) is 47.6 Å². The van der Waals surface area contributed by atoms with E-state index in [1.54, 1.807) is 19.1 Å². The summed E-state index contributed by atoms with van der Waals surface area (Å²) in [7, 11) is 1.35. The van der Waals surface area contributed by atoms with Crippen molar-refractivity contribution in [2.75, 3.05) is 20.2 Å². The Morgan fingerprint density at radius 3 is 2.64 bits per heavy atom. The minimum Gasteiger partial charge on any atom is -0.469 e. The van der Waals surface area contributed by atoms with E-state index in [9.17, 15) is 18.0 Å². The third-order valence-corrected chi connectivity index (χ3v) is 3.78. The Labute approximate surface area is 126 Å². The minimum absolute atomic E-state index is 0.0523. The zero-order valence-electron chi connectivity index (χ0n) is 12.4. The molecule has 122 valence electrons. The van der Waals surface area contributed by atoms with E-state index in [2.05, 4.69) is 10.1 Å². The number of esters is 1.